The van der Waals surface area contributed by atoms with Gasteiger partial charge in [-0.15, -0.1) is 0 Å². The molecule has 0 aliphatic heterocycles. The second-order valence-corrected chi connectivity index (χ2v) is 5.26. The summed E-state index contributed by atoms with van der Waals surface area (Å²) in [6.45, 7) is 4.23. The summed E-state index contributed by atoms with van der Waals surface area (Å²) < 4.78 is 0. The third kappa shape index (κ3) is 3.80. The first kappa shape index (κ1) is 14.5. The number of carbonyl (C=O) groups excluding carboxylic acids is 1. The Hall–Kier alpha value is -1.90. The predicted octanol–water partition coefficient (Wildman–Crippen LogP) is 3.93. The summed E-state index contributed by atoms with van der Waals surface area (Å²) in [5.74, 6) is -0.0836. The van der Waals surface area contributed by atoms with E-state index in [4.69, 9.17) is 0 Å². The van der Waals surface area contributed by atoms with Gasteiger partial charge in [-0.05, 0) is 25.5 Å². The molecule has 1 amide bonds. The zero-order valence-electron chi connectivity index (χ0n) is 12.2. The average molecular weight is 270 g/mol. The highest BCUT2D eigenvalue weighted by Gasteiger charge is 2.11. The lowest BCUT2D eigenvalue weighted by molar-refractivity contribution is 0.0933. The second kappa shape index (κ2) is 7.04. The van der Waals surface area contributed by atoms with E-state index in [1.54, 1.807) is 6.07 Å². The highest BCUT2D eigenvalue weighted by atomic mass is 16.1. The molecule has 0 saturated carbocycles. The van der Waals surface area contributed by atoms with Gasteiger partial charge in [0.2, 0.25) is 0 Å². The first-order chi connectivity index (χ1) is 9.70. The number of fused-ring (bicyclic) bond motifs is 1. The van der Waals surface area contributed by atoms with Crippen molar-refractivity contribution in [3.05, 3.63) is 42.1 Å². The van der Waals surface area contributed by atoms with E-state index in [0.717, 1.165) is 23.7 Å². The molecule has 1 heterocycles. The molecule has 1 N–H and O–H groups in total. The third-order valence-electron chi connectivity index (χ3n) is 3.45. The molecule has 20 heavy (non-hydrogen) atoms. The molecular weight excluding hydrogens is 248 g/mol. The molecule has 0 saturated heterocycles. The van der Waals surface area contributed by atoms with Gasteiger partial charge >= 0.3 is 0 Å². The van der Waals surface area contributed by atoms with Crippen LogP contribution in [-0.2, 0) is 0 Å². The van der Waals surface area contributed by atoms with Gasteiger partial charge in [-0.25, -0.2) is 4.98 Å². The van der Waals surface area contributed by atoms with Crippen molar-refractivity contribution in [1.82, 2.24) is 10.3 Å². The summed E-state index contributed by atoms with van der Waals surface area (Å²) in [6.07, 6.45) is 4.59. The topological polar surface area (TPSA) is 42.0 Å². The van der Waals surface area contributed by atoms with Crippen LogP contribution in [0, 0.1) is 0 Å². The van der Waals surface area contributed by atoms with Crippen molar-refractivity contribution in [3.8, 4) is 0 Å². The Kier molecular flexibility index (Phi) is 5.10. The zero-order chi connectivity index (χ0) is 14.4. The SMILES string of the molecule is CCCCCC(C)NC(=O)c1ccc2ccccc2n1. The normalized spacial score (nSPS) is 12.3. The van der Waals surface area contributed by atoms with Crippen molar-refractivity contribution >= 4 is 16.8 Å². The highest BCUT2D eigenvalue weighted by Crippen LogP contribution is 2.12. The Labute approximate surface area is 120 Å². The number of pyridine rings is 1. The largest absolute Gasteiger partial charge is 0.348 e. The van der Waals surface area contributed by atoms with Gasteiger partial charge in [-0.2, -0.15) is 0 Å². The van der Waals surface area contributed by atoms with Crippen LogP contribution >= 0.6 is 0 Å². The summed E-state index contributed by atoms with van der Waals surface area (Å²) in [5, 5.41) is 4.07. The van der Waals surface area contributed by atoms with Gasteiger partial charge in [0.05, 0.1) is 5.52 Å². The monoisotopic (exact) mass is 270 g/mol. The lowest BCUT2D eigenvalue weighted by atomic mass is 10.1. The molecule has 0 bridgehead atoms. The van der Waals surface area contributed by atoms with E-state index >= 15 is 0 Å². The maximum atomic E-state index is 12.2. The molecule has 0 aliphatic carbocycles. The molecule has 0 aliphatic rings. The Morgan fingerprint density at radius 3 is 2.80 bits per heavy atom. The van der Waals surface area contributed by atoms with Gasteiger partial charge in [0, 0.05) is 11.4 Å². The molecule has 1 aromatic heterocycles. The van der Waals surface area contributed by atoms with Crippen LogP contribution in [0.1, 0.15) is 50.0 Å². The number of aromatic nitrogens is 1. The number of nitrogens with zero attached hydrogens (tertiary/aromatic N) is 1. The molecule has 2 rings (SSSR count). The maximum absolute atomic E-state index is 12.2. The lowest BCUT2D eigenvalue weighted by Gasteiger charge is -2.13. The number of carbonyl (C=O) groups is 1. The standard InChI is InChI=1S/C17H22N2O/c1-3-4-5-8-13(2)18-17(20)16-12-11-14-9-6-7-10-15(14)19-16/h6-7,9-13H,3-5,8H2,1-2H3,(H,18,20). The minimum atomic E-state index is -0.0836. The fourth-order valence-electron chi connectivity index (χ4n) is 2.26. The molecule has 1 aromatic carbocycles. The van der Waals surface area contributed by atoms with Crippen molar-refractivity contribution in [2.45, 2.75) is 45.6 Å². The van der Waals surface area contributed by atoms with Crippen LogP contribution in [0.25, 0.3) is 10.9 Å². The number of amides is 1. The van der Waals surface area contributed by atoms with Gasteiger partial charge in [0.15, 0.2) is 0 Å². The van der Waals surface area contributed by atoms with Crippen LogP contribution in [0.3, 0.4) is 0 Å². The number of hydrogen-bond donors (Lipinski definition) is 1. The van der Waals surface area contributed by atoms with E-state index in [9.17, 15) is 4.79 Å². The smallest absolute Gasteiger partial charge is 0.270 e. The van der Waals surface area contributed by atoms with Crippen LogP contribution in [-0.4, -0.2) is 16.9 Å². The van der Waals surface area contributed by atoms with Crippen LogP contribution in [0.5, 0.6) is 0 Å². The molecule has 106 valence electrons. The maximum Gasteiger partial charge on any atom is 0.270 e. The van der Waals surface area contributed by atoms with E-state index in [0.29, 0.717) is 5.69 Å². The summed E-state index contributed by atoms with van der Waals surface area (Å²) in [7, 11) is 0. The Morgan fingerprint density at radius 1 is 1.20 bits per heavy atom. The average Bonchev–Trinajstić information content (AvgIpc) is 2.47. The summed E-state index contributed by atoms with van der Waals surface area (Å²) in [6, 6.07) is 11.8. The number of unbranched alkanes of at least 4 members (excludes halogenated alkanes) is 2. The summed E-state index contributed by atoms with van der Waals surface area (Å²) >= 11 is 0. The lowest BCUT2D eigenvalue weighted by Crippen LogP contribution is -2.33. The molecule has 3 nitrogen and oxygen atoms in total. The van der Waals surface area contributed by atoms with E-state index < -0.39 is 0 Å². The van der Waals surface area contributed by atoms with E-state index in [1.165, 1.54) is 12.8 Å². The number of para-hydroxylation sites is 1. The van der Waals surface area contributed by atoms with E-state index in [2.05, 4.69) is 24.1 Å². The fraction of sp³-hybridized carbons (Fsp3) is 0.412. The Morgan fingerprint density at radius 2 is 2.00 bits per heavy atom. The van der Waals surface area contributed by atoms with Crippen molar-refractivity contribution in [1.29, 1.82) is 0 Å². The van der Waals surface area contributed by atoms with Gasteiger partial charge in [0.1, 0.15) is 5.69 Å². The van der Waals surface area contributed by atoms with Crippen LogP contribution < -0.4 is 5.32 Å². The molecular formula is C17H22N2O. The summed E-state index contributed by atoms with van der Waals surface area (Å²) in [5.41, 5.74) is 1.35. The summed E-state index contributed by atoms with van der Waals surface area (Å²) in [4.78, 5) is 16.6. The highest BCUT2D eigenvalue weighted by molar-refractivity contribution is 5.94. The first-order valence-electron chi connectivity index (χ1n) is 7.37. The van der Waals surface area contributed by atoms with Crippen molar-refractivity contribution in [3.63, 3.8) is 0 Å². The first-order valence-corrected chi connectivity index (χ1v) is 7.37. The number of benzene rings is 1. The van der Waals surface area contributed by atoms with Crippen LogP contribution in [0.15, 0.2) is 36.4 Å². The molecule has 2 aromatic rings. The minimum Gasteiger partial charge on any atom is -0.348 e. The predicted molar refractivity (Wildman–Crippen MR) is 82.8 cm³/mol. The minimum absolute atomic E-state index is 0.0836. The quantitative estimate of drug-likeness (QED) is 0.808. The molecule has 0 radical (unpaired) electrons. The Bertz CT molecular complexity index is 580. The van der Waals surface area contributed by atoms with Crippen molar-refractivity contribution < 1.29 is 4.79 Å². The number of rotatable bonds is 6. The molecule has 0 spiro atoms. The fourth-order valence-corrected chi connectivity index (χ4v) is 2.26. The zero-order valence-corrected chi connectivity index (χ0v) is 12.2. The van der Waals surface area contributed by atoms with Crippen LogP contribution in [0.4, 0.5) is 0 Å². The van der Waals surface area contributed by atoms with Crippen molar-refractivity contribution in [2.24, 2.45) is 0 Å². The molecule has 3 heteroatoms. The van der Waals surface area contributed by atoms with Crippen LogP contribution in [0.2, 0.25) is 0 Å². The van der Waals surface area contributed by atoms with Gasteiger partial charge in [-0.1, -0.05) is 50.5 Å². The van der Waals surface area contributed by atoms with E-state index in [1.807, 2.05) is 30.3 Å². The second-order valence-electron chi connectivity index (χ2n) is 5.26. The van der Waals surface area contributed by atoms with Gasteiger partial charge < -0.3 is 5.32 Å². The number of hydrogen-bond acceptors (Lipinski definition) is 2. The van der Waals surface area contributed by atoms with Crippen molar-refractivity contribution in [2.75, 3.05) is 0 Å². The van der Waals surface area contributed by atoms with Gasteiger partial charge in [-0.3, -0.25) is 4.79 Å². The molecule has 0 fully saturated rings. The molecule has 1 atom stereocenters. The number of nitrogens with one attached hydrogen (secondary N) is 1. The van der Waals surface area contributed by atoms with E-state index in [-0.39, 0.29) is 11.9 Å². The third-order valence-corrected chi connectivity index (χ3v) is 3.45. The molecule has 1 unspecified atom stereocenters. The Balaban J connectivity index is 2.00. The van der Waals surface area contributed by atoms with Gasteiger partial charge in [0.25, 0.3) is 5.91 Å².